The summed E-state index contributed by atoms with van der Waals surface area (Å²) in [6.07, 6.45) is 6.67. The van der Waals surface area contributed by atoms with Gasteiger partial charge in [0.2, 0.25) is 5.82 Å². The van der Waals surface area contributed by atoms with Crippen LogP contribution >= 0.6 is 0 Å². The number of hydrogen-bond donors (Lipinski definition) is 2. The summed E-state index contributed by atoms with van der Waals surface area (Å²) in [6, 6.07) is 0.353. The highest BCUT2D eigenvalue weighted by Gasteiger charge is 2.48. The van der Waals surface area contributed by atoms with Gasteiger partial charge in [0.05, 0.1) is 0 Å². The smallest absolute Gasteiger partial charge is 0.291 e. The lowest BCUT2D eigenvalue weighted by atomic mass is 9.54. The number of amides is 1. The number of hydrogen-bond acceptors (Lipinski definition) is 3. The van der Waals surface area contributed by atoms with Crippen LogP contribution in [0.5, 0.6) is 0 Å². The molecule has 0 spiro atoms. The molecular weight excluding hydrogens is 264 g/mol. The molecule has 0 aliphatic heterocycles. The van der Waals surface area contributed by atoms with Crippen LogP contribution < -0.4 is 5.32 Å². The van der Waals surface area contributed by atoms with Crippen molar-refractivity contribution in [3.63, 3.8) is 0 Å². The van der Waals surface area contributed by atoms with Crippen LogP contribution in [-0.4, -0.2) is 27.1 Å². The highest BCUT2D eigenvalue weighted by Crippen LogP contribution is 2.53. The minimum atomic E-state index is -0.101. The summed E-state index contributed by atoms with van der Waals surface area (Å²) in [5, 5.41) is 10.2. The highest BCUT2D eigenvalue weighted by molar-refractivity contribution is 5.90. The molecule has 2 N–H and O–H groups in total. The van der Waals surface area contributed by atoms with E-state index in [1.807, 2.05) is 13.8 Å². The van der Waals surface area contributed by atoms with Gasteiger partial charge in [-0.3, -0.25) is 9.89 Å². The lowest BCUT2D eigenvalue weighted by molar-refractivity contribution is -0.0120. The third-order valence-corrected chi connectivity index (χ3v) is 5.78. The van der Waals surface area contributed by atoms with Crippen molar-refractivity contribution < 1.29 is 4.79 Å². The van der Waals surface area contributed by atoms with Gasteiger partial charge in [0.25, 0.3) is 5.91 Å². The van der Waals surface area contributed by atoms with Gasteiger partial charge in [-0.2, -0.15) is 0 Å². The maximum atomic E-state index is 12.4. The molecule has 1 aromatic heterocycles. The van der Waals surface area contributed by atoms with Crippen LogP contribution in [0.4, 0.5) is 0 Å². The first-order valence-electron chi connectivity index (χ1n) is 8.33. The van der Waals surface area contributed by atoms with Gasteiger partial charge in [-0.25, -0.2) is 4.98 Å². The Kier molecular flexibility index (Phi) is 3.05. The molecule has 0 aromatic carbocycles. The summed E-state index contributed by atoms with van der Waals surface area (Å²) in [6.45, 7) is 4.08. The van der Waals surface area contributed by atoms with Crippen molar-refractivity contribution in [1.29, 1.82) is 0 Å². The second-order valence-corrected chi connectivity index (χ2v) is 7.63. The zero-order valence-electron chi connectivity index (χ0n) is 12.8. The van der Waals surface area contributed by atoms with E-state index in [-0.39, 0.29) is 11.8 Å². The molecule has 4 aliphatic rings. The minimum absolute atomic E-state index is 0.101. The zero-order chi connectivity index (χ0) is 14.6. The second kappa shape index (κ2) is 4.82. The first kappa shape index (κ1) is 13.3. The van der Waals surface area contributed by atoms with Gasteiger partial charge in [0.1, 0.15) is 5.82 Å². The molecule has 4 aliphatic carbocycles. The SMILES string of the molecule is CC(C)c1nc(C(=O)NC2C3CC4CC(C3)CC2C4)n[nH]1. The molecule has 21 heavy (non-hydrogen) atoms. The number of carbonyl (C=O) groups excluding carboxylic acids is 1. The number of H-pyrrole nitrogens is 1. The molecule has 5 rings (SSSR count). The van der Waals surface area contributed by atoms with Gasteiger partial charge in [-0.15, -0.1) is 5.10 Å². The van der Waals surface area contributed by atoms with E-state index in [0.29, 0.717) is 23.7 Å². The van der Waals surface area contributed by atoms with Crippen LogP contribution in [0.25, 0.3) is 0 Å². The Balaban J connectivity index is 1.47. The molecular formula is C16H24N4O. The average Bonchev–Trinajstić information content (AvgIpc) is 2.92. The molecule has 1 heterocycles. The second-order valence-electron chi connectivity index (χ2n) is 7.63. The van der Waals surface area contributed by atoms with E-state index in [2.05, 4.69) is 20.5 Å². The van der Waals surface area contributed by atoms with Crippen molar-refractivity contribution in [3.8, 4) is 0 Å². The molecule has 0 saturated heterocycles. The predicted octanol–water partition coefficient (Wildman–Crippen LogP) is 2.48. The molecule has 1 amide bonds. The Hall–Kier alpha value is -1.39. The van der Waals surface area contributed by atoms with E-state index in [0.717, 1.165) is 17.7 Å². The summed E-state index contributed by atoms with van der Waals surface area (Å²) in [4.78, 5) is 16.7. The number of nitrogens with one attached hydrogen (secondary N) is 2. The van der Waals surface area contributed by atoms with E-state index in [1.165, 1.54) is 32.1 Å². The third-order valence-electron chi connectivity index (χ3n) is 5.78. The van der Waals surface area contributed by atoms with Gasteiger partial charge in [-0.1, -0.05) is 13.8 Å². The molecule has 5 heteroatoms. The van der Waals surface area contributed by atoms with Crippen LogP contribution in [0.3, 0.4) is 0 Å². The molecule has 0 unspecified atom stereocenters. The Bertz CT molecular complexity index is 522. The van der Waals surface area contributed by atoms with Gasteiger partial charge >= 0.3 is 0 Å². The first-order chi connectivity index (χ1) is 10.1. The van der Waals surface area contributed by atoms with Crippen LogP contribution in [-0.2, 0) is 0 Å². The van der Waals surface area contributed by atoms with E-state index >= 15 is 0 Å². The van der Waals surface area contributed by atoms with Crippen molar-refractivity contribution in [2.24, 2.45) is 23.7 Å². The van der Waals surface area contributed by atoms with Crippen molar-refractivity contribution in [2.45, 2.75) is 57.9 Å². The zero-order valence-corrected chi connectivity index (χ0v) is 12.8. The summed E-state index contributed by atoms with van der Waals surface area (Å²) in [5.74, 6) is 4.48. The fourth-order valence-corrected chi connectivity index (χ4v) is 5.01. The maximum Gasteiger partial charge on any atom is 0.291 e. The monoisotopic (exact) mass is 288 g/mol. The molecule has 4 saturated carbocycles. The summed E-state index contributed by atoms with van der Waals surface area (Å²) in [7, 11) is 0. The van der Waals surface area contributed by atoms with Crippen LogP contribution in [0.2, 0.25) is 0 Å². The van der Waals surface area contributed by atoms with E-state index < -0.39 is 0 Å². The lowest BCUT2D eigenvalue weighted by Gasteiger charge is -2.54. The van der Waals surface area contributed by atoms with Gasteiger partial charge in [-0.05, 0) is 55.8 Å². The molecule has 4 fully saturated rings. The lowest BCUT2D eigenvalue weighted by Crippen LogP contribution is -2.55. The maximum absolute atomic E-state index is 12.4. The Morgan fingerprint density at radius 2 is 1.76 bits per heavy atom. The number of aromatic amines is 1. The largest absolute Gasteiger partial charge is 0.346 e. The number of rotatable bonds is 3. The van der Waals surface area contributed by atoms with E-state index in [9.17, 15) is 4.79 Å². The minimum Gasteiger partial charge on any atom is -0.346 e. The van der Waals surface area contributed by atoms with E-state index in [4.69, 9.17) is 0 Å². The topological polar surface area (TPSA) is 70.7 Å². The molecule has 5 nitrogen and oxygen atoms in total. The highest BCUT2D eigenvalue weighted by atomic mass is 16.2. The van der Waals surface area contributed by atoms with Gasteiger partial charge in [0.15, 0.2) is 0 Å². The molecule has 0 radical (unpaired) electrons. The predicted molar refractivity (Wildman–Crippen MR) is 78.8 cm³/mol. The van der Waals surface area contributed by atoms with Gasteiger partial charge < -0.3 is 5.32 Å². The van der Waals surface area contributed by atoms with E-state index in [1.54, 1.807) is 0 Å². The number of aromatic nitrogens is 3. The normalized spacial score (nSPS) is 37.2. The van der Waals surface area contributed by atoms with Crippen LogP contribution in [0.1, 0.15) is 68.3 Å². The van der Waals surface area contributed by atoms with Crippen LogP contribution in [0.15, 0.2) is 0 Å². The Morgan fingerprint density at radius 1 is 1.14 bits per heavy atom. The van der Waals surface area contributed by atoms with Crippen molar-refractivity contribution in [3.05, 3.63) is 11.6 Å². The molecule has 1 aromatic rings. The average molecular weight is 288 g/mol. The third kappa shape index (κ3) is 2.27. The van der Waals surface area contributed by atoms with Crippen LogP contribution in [0, 0.1) is 23.7 Å². The van der Waals surface area contributed by atoms with Crippen molar-refractivity contribution >= 4 is 5.91 Å². The van der Waals surface area contributed by atoms with Crippen molar-refractivity contribution in [2.75, 3.05) is 0 Å². The van der Waals surface area contributed by atoms with Gasteiger partial charge in [0, 0.05) is 12.0 Å². The fourth-order valence-electron chi connectivity index (χ4n) is 5.01. The molecule has 0 atom stereocenters. The Labute approximate surface area is 125 Å². The molecule has 4 bridgehead atoms. The van der Waals surface area contributed by atoms with Crippen molar-refractivity contribution in [1.82, 2.24) is 20.5 Å². The fraction of sp³-hybridized carbons (Fsp3) is 0.812. The summed E-state index contributed by atoms with van der Waals surface area (Å²) < 4.78 is 0. The Morgan fingerprint density at radius 3 is 2.29 bits per heavy atom. The summed E-state index contributed by atoms with van der Waals surface area (Å²) in [5.41, 5.74) is 0. The molecule has 114 valence electrons. The number of carbonyl (C=O) groups is 1. The quantitative estimate of drug-likeness (QED) is 0.897. The summed E-state index contributed by atoms with van der Waals surface area (Å²) >= 11 is 0. The number of nitrogens with zero attached hydrogens (tertiary/aromatic N) is 2. The first-order valence-corrected chi connectivity index (χ1v) is 8.33. The standard InChI is InChI=1S/C16H24N4O/c1-8(2)14-18-15(20-19-14)16(21)17-13-11-4-9-3-10(6-11)7-12(13)5-9/h8-13H,3-7H2,1-2H3,(H,17,21)(H,18,19,20).